The molecule has 2 rings (SSSR count). The van der Waals surface area contributed by atoms with E-state index in [0.717, 1.165) is 12.1 Å². The first-order chi connectivity index (χ1) is 9.15. The average molecular weight is 264 g/mol. The molecule has 0 amide bonds. The molecule has 0 aliphatic rings. The van der Waals surface area contributed by atoms with Crippen molar-refractivity contribution in [3.63, 3.8) is 0 Å². The van der Waals surface area contributed by atoms with Gasteiger partial charge in [0.05, 0.1) is 19.0 Å². The van der Waals surface area contributed by atoms with Crippen molar-refractivity contribution in [3.05, 3.63) is 6.33 Å². The van der Waals surface area contributed by atoms with Gasteiger partial charge in [0.1, 0.15) is 5.52 Å². The Morgan fingerprint density at radius 1 is 1.37 bits per heavy atom. The number of hydrogen-bond donors (Lipinski definition) is 4. The van der Waals surface area contributed by atoms with Gasteiger partial charge in [-0.05, 0) is 12.8 Å². The van der Waals surface area contributed by atoms with E-state index in [1.165, 1.54) is 0 Å². The van der Waals surface area contributed by atoms with E-state index >= 15 is 0 Å². The van der Waals surface area contributed by atoms with Crippen molar-refractivity contribution in [1.82, 2.24) is 19.9 Å². The molecule has 7 nitrogen and oxygen atoms in total. The van der Waals surface area contributed by atoms with Crippen LogP contribution in [0.1, 0.15) is 20.8 Å². The molecule has 2 heterocycles. The van der Waals surface area contributed by atoms with E-state index in [1.54, 1.807) is 6.33 Å². The first-order valence-corrected chi connectivity index (χ1v) is 6.48. The van der Waals surface area contributed by atoms with Gasteiger partial charge in [0, 0.05) is 6.54 Å². The number of hydrogen-bond acceptors (Lipinski definition) is 6. The molecule has 0 saturated carbocycles. The zero-order chi connectivity index (χ0) is 13.8. The lowest BCUT2D eigenvalue weighted by Gasteiger charge is -2.20. The Bertz CT molecular complexity index is 538. The van der Waals surface area contributed by atoms with Crippen molar-refractivity contribution in [2.45, 2.75) is 26.8 Å². The monoisotopic (exact) mass is 264 g/mol. The Balaban J connectivity index is 2.36. The summed E-state index contributed by atoms with van der Waals surface area (Å²) in [5.41, 5.74) is 1.36. The van der Waals surface area contributed by atoms with Crippen LogP contribution in [0.3, 0.4) is 0 Å². The molecule has 0 fully saturated rings. The van der Waals surface area contributed by atoms with Crippen molar-refractivity contribution in [2.75, 3.05) is 23.8 Å². The summed E-state index contributed by atoms with van der Waals surface area (Å²) in [6.45, 7) is 6.86. The third-order valence-electron chi connectivity index (χ3n) is 2.94. The summed E-state index contributed by atoms with van der Waals surface area (Å²) in [5, 5.41) is 15.7. The van der Waals surface area contributed by atoms with Gasteiger partial charge in [-0.15, -0.1) is 0 Å². The van der Waals surface area contributed by atoms with Crippen molar-refractivity contribution < 1.29 is 5.11 Å². The summed E-state index contributed by atoms with van der Waals surface area (Å²) in [7, 11) is 0. The van der Waals surface area contributed by atoms with Crippen LogP contribution in [0, 0.1) is 5.92 Å². The predicted molar refractivity (Wildman–Crippen MR) is 75.2 cm³/mol. The van der Waals surface area contributed by atoms with Gasteiger partial charge < -0.3 is 20.7 Å². The van der Waals surface area contributed by atoms with Crippen LogP contribution in [0.25, 0.3) is 11.2 Å². The van der Waals surface area contributed by atoms with E-state index in [4.69, 9.17) is 0 Å². The van der Waals surface area contributed by atoms with E-state index in [2.05, 4.69) is 30.6 Å². The molecule has 2 aromatic rings. The van der Waals surface area contributed by atoms with Crippen LogP contribution < -0.4 is 10.6 Å². The highest BCUT2D eigenvalue weighted by atomic mass is 16.3. The smallest absolute Gasteiger partial charge is 0.226 e. The van der Waals surface area contributed by atoms with Gasteiger partial charge >= 0.3 is 0 Å². The molecule has 0 aromatic carbocycles. The normalized spacial score (nSPS) is 12.9. The maximum Gasteiger partial charge on any atom is 0.226 e. The number of nitrogens with one attached hydrogen (secondary N) is 3. The quantitative estimate of drug-likeness (QED) is 0.626. The second-order valence-electron chi connectivity index (χ2n) is 4.70. The molecule has 0 aliphatic heterocycles. The minimum absolute atomic E-state index is 0.0494. The summed E-state index contributed by atoms with van der Waals surface area (Å²) < 4.78 is 0. The molecule has 4 N–H and O–H groups in total. The second kappa shape index (κ2) is 5.83. The number of aliphatic hydroxyl groups is 1. The number of fused-ring (bicyclic) bond motifs is 1. The third kappa shape index (κ3) is 2.93. The number of nitrogens with zero attached hydrogens (tertiary/aromatic N) is 3. The predicted octanol–water partition coefficient (Wildman–Crippen LogP) is 1.21. The number of rotatable bonds is 6. The minimum atomic E-state index is -0.0594. The summed E-state index contributed by atoms with van der Waals surface area (Å²) in [5.74, 6) is 1.48. The SMILES string of the molecule is CCNc1nc(N[C@H](CO)C(C)C)c2[nH]cnc2n1. The zero-order valence-corrected chi connectivity index (χ0v) is 11.4. The fraction of sp³-hybridized carbons (Fsp3) is 0.583. The average Bonchev–Trinajstić information content (AvgIpc) is 2.84. The zero-order valence-electron chi connectivity index (χ0n) is 11.4. The van der Waals surface area contributed by atoms with Crippen molar-refractivity contribution in [1.29, 1.82) is 0 Å². The second-order valence-corrected chi connectivity index (χ2v) is 4.70. The highest BCUT2D eigenvalue weighted by Gasteiger charge is 2.16. The van der Waals surface area contributed by atoms with Crippen LogP contribution in [0.2, 0.25) is 0 Å². The lowest BCUT2D eigenvalue weighted by atomic mass is 10.1. The Labute approximate surface area is 111 Å². The van der Waals surface area contributed by atoms with Gasteiger partial charge in [0.25, 0.3) is 0 Å². The van der Waals surface area contributed by atoms with Crippen LogP contribution in [-0.2, 0) is 0 Å². The molecule has 0 spiro atoms. The van der Waals surface area contributed by atoms with Crippen LogP contribution in [0.4, 0.5) is 11.8 Å². The number of aromatic nitrogens is 4. The third-order valence-corrected chi connectivity index (χ3v) is 2.94. The molecule has 7 heteroatoms. The Hall–Kier alpha value is -1.89. The highest BCUT2D eigenvalue weighted by molar-refractivity contribution is 5.83. The van der Waals surface area contributed by atoms with Gasteiger partial charge in [-0.1, -0.05) is 13.8 Å². The Kier molecular flexibility index (Phi) is 4.16. The summed E-state index contributed by atoms with van der Waals surface area (Å²) in [4.78, 5) is 15.9. The first kappa shape index (κ1) is 13.5. The number of H-pyrrole nitrogens is 1. The summed E-state index contributed by atoms with van der Waals surface area (Å²) in [6, 6.07) is -0.0594. The molecule has 2 aromatic heterocycles. The van der Waals surface area contributed by atoms with Crippen LogP contribution in [0.15, 0.2) is 6.33 Å². The molecular weight excluding hydrogens is 244 g/mol. The van der Waals surface area contributed by atoms with Crippen molar-refractivity contribution in [3.8, 4) is 0 Å². The fourth-order valence-corrected chi connectivity index (χ4v) is 1.77. The maximum atomic E-state index is 9.41. The molecule has 104 valence electrons. The van der Waals surface area contributed by atoms with Gasteiger partial charge in [0.2, 0.25) is 5.95 Å². The van der Waals surface area contributed by atoms with Gasteiger partial charge in [0.15, 0.2) is 11.5 Å². The lowest BCUT2D eigenvalue weighted by molar-refractivity contribution is 0.249. The van der Waals surface area contributed by atoms with E-state index in [0.29, 0.717) is 23.3 Å². The highest BCUT2D eigenvalue weighted by Crippen LogP contribution is 2.20. The fourth-order valence-electron chi connectivity index (χ4n) is 1.77. The topological polar surface area (TPSA) is 98.8 Å². The number of imidazole rings is 1. The van der Waals surface area contributed by atoms with E-state index in [1.807, 2.05) is 20.8 Å². The molecule has 0 radical (unpaired) electrons. The molecule has 0 aliphatic carbocycles. The molecule has 0 bridgehead atoms. The van der Waals surface area contributed by atoms with Gasteiger partial charge in [-0.2, -0.15) is 9.97 Å². The molecule has 19 heavy (non-hydrogen) atoms. The maximum absolute atomic E-state index is 9.41. The molecular formula is C12H20N6O. The molecule has 1 atom stereocenters. The van der Waals surface area contributed by atoms with Crippen molar-refractivity contribution in [2.24, 2.45) is 5.92 Å². The Morgan fingerprint density at radius 2 is 2.16 bits per heavy atom. The standard InChI is InChI=1S/C12H20N6O/c1-4-13-12-17-10-9(14-6-15-10)11(18-12)16-8(5-19)7(2)3/h6-8,19H,4-5H2,1-3H3,(H3,13,14,15,16,17,18)/t8-/m1/s1. The van der Waals surface area contributed by atoms with Crippen LogP contribution in [0.5, 0.6) is 0 Å². The largest absolute Gasteiger partial charge is 0.394 e. The Morgan fingerprint density at radius 3 is 2.79 bits per heavy atom. The molecule has 0 unspecified atom stereocenters. The van der Waals surface area contributed by atoms with Gasteiger partial charge in [-0.25, -0.2) is 4.98 Å². The first-order valence-electron chi connectivity index (χ1n) is 6.48. The number of aromatic amines is 1. The van der Waals surface area contributed by atoms with E-state index < -0.39 is 0 Å². The van der Waals surface area contributed by atoms with Crippen molar-refractivity contribution >= 4 is 22.9 Å². The van der Waals surface area contributed by atoms with Crippen LogP contribution in [-0.4, -0.2) is 44.2 Å². The minimum Gasteiger partial charge on any atom is -0.394 e. The lowest BCUT2D eigenvalue weighted by Crippen LogP contribution is -2.30. The summed E-state index contributed by atoms with van der Waals surface area (Å²) >= 11 is 0. The summed E-state index contributed by atoms with van der Waals surface area (Å²) in [6.07, 6.45) is 1.59. The van der Waals surface area contributed by atoms with Gasteiger partial charge in [-0.3, -0.25) is 0 Å². The molecule has 0 saturated heterocycles. The van der Waals surface area contributed by atoms with E-state index in [-0.39, 0.29) is 12.6 Å². The van der Waals surface area contributed by atoms with Crippen LogP contribution >= 0.6 is 0 Å². The number of anilines is 2. The van der Waals surface area contributed by atoms with E-state index in [9.17, 15) is 5.11 Å². The number of aliphatic hydroxyl groups excluding tert-OH is 1.